The first-order valence-electron chi connectivity index (χ1n) is 8.33. The van der Waals surface area contributed by atoms with Crippen LogP contribution in [0.1, 0.15) is 37.1 Å². The monoisotopic (exact) mass is 411 g/mol. The number of rotatable bonds is 6. The van der Waals surface area contributed by atoms with Crippen molar-refractivity contribution in [1.82, 2.24) is 4.90 Å². The van der Waals surface area contributed by atoms with E-state index in [0.717, 1.165) is 11.1 Å². The maximum atomic E-state index is 12.8. The van der Waals surface area contributed by atoms with Crippen LogP contribution in [0.5, 0.6) is 0 Å². The lowest BCUT2D eigenvalue weighted by atomic mass is 9.93. The maximum Gasteiger partial charge on any atom is 0.238 e. The number of amides is 1. The van der Waals surface area contributed by atoms with Crippen LogP contribution in [0.15, 0.2) is 59.5 Å². The Morgan fingerprint density at radius 1 is 0.963 bits per heavy atom. The Kier molecular flexibility index (Phi) is 7.98. The highest BCUT2D eigenvalue weighted by molar-refractivity contribution is 7.89. The van der Waals surface area contributed by atoms with Crippen LogP contribution in [0.25, 0.3) is 0 Å². The predicted molar refractivity (Wildman–Crippen MR) is 109 cm³/mol. The number of hydrogen-bond acceptors (Lipinski definition) is 4. The number of carbonyl (C=O) groups is 1. The molecule has 0 radical (unpaired) electrons. The third-order valence-corrected chi connectivity index (χ3v) is 5.66. The molecule has 3 unspecified atom stereocenters. The predicted octanol–water partition coefficient (Wildman–Crippen LogP) is 2.61. The lowest BCUT2D eigenvalue weighted by Gasteiger charge is -2.30. The van der Waals surface area contributed by atoms with Gasteiger partial charge in [-0.1, -0.05) is 49.4 Å². The number of nitrogens with zero attached hydrogens (tertiary/aromatic N) is 1. The normalized spacial score (nSPS) is 14.6. The average Bonchev–Trinajstić information content (AvgIpc) is 2.65. The number of hydrogen-bond donors (Lipinski definition) is 2. The van der Waals surface area contributed by atoms with E-state index in [1.165, 1.54) is 12.1 Å². The minimum absolute atomic E-state index is 0. The van der Waals surface area contributed by atoms with Crippen LogP contribution in [-0.2, 0) is 14.8 Å². The van der Waals surface area contributed by atoms with Gasteiger partial charge in [-0.2, -0.15) is 0 Å². The molecular weight excluding hydrogens is 386 g/mol. The minimum Gasteiger partial charge on any atom is -0.339 e. The number of benzene rings is 2. The highest BCUT2D eigenvalue weighted by Crippen LogP contribution is 2.26. The highest BCUT2D eigenvalue weighted by atomic mass is 35.5. The summed E-state index contributed by atoms with van der Waals surface area (Å²) in [6.45, 7) is 3.69. The molecule has 2 rings (SSSR count). The SMILES string of the molecule is CC(C(=O)N(C)C(C)c1ccc(S(N)(=O)=O)cc1)C(N)c1ccccc1.Cl. The highest BCUT2D eigenvalue weighted by Gasteiger charge is 2.27. The van der Waals surface area contributed by atoms with Gasteiger partial charge in [-0.05, 0) is 30.2 Å². The van der Waals surface area contributed by atoms with Gasteiger partial charge in [0, 0.05) is 13.1 Å². The summed E-state index contributed by atoms with van der Waals surface area (Å²) >= 11 is 0. The van der Waals surface area contributed by atoms with Gasteiger partial charge >= 0.3 is 0 Å². The molecule has 0 aliphatic heterocycles. The Morgan fingerprint density at radius 3 is 1.96 bits per heavy atom. The number of primary sulfonamides is 1. The van der Waals surface area contributed by atoms with Crippen molar-refractivity contribution in [2.24, 2.45) is 16.8 Å². The van der Waals surface area contributed by atoms with Crippen LogP contribution in [0.2, 0.25) is 0 Å². The van der Waals surface area contributed by atoms with Gasteiger partial charge in [0.15, 0.2) is 0 Å². The van der Waals surface area contributed by atoms with E-state index in [0.29, 0.717) is 0 Å². The summed E-state index contributed by atoms with van der Waals surface area (Å²) in [6, 6.07) is 15.1. The number of carbonyl (C=O) groups excluding carboxylic acids is 1. The first-order valence-corrected chi connectivity index (χ1v) is 9.87. The van der Waals surface area contributed by atoms with Gasteiger partial charge in [-0.25, -0.2) is 13.6 Å². The lowest BCUT2D eigenvalue weighted by Crippen LogP contribution is -2.38. The molecule has 0 fully saturated rings. The van der Waals surface area contributed by atoms with Gasteiger partial charge in [-0.3, -0.25) is 4.79 Å². The molecule has 6 nitrogen and oxygen atoms in total. The average molecular weight is 412 g/mol. The van der Waals surface area contributed by atoms with E-state index >= 15 is 0 Å². The molecule has 148 valence electrons. The summed E-state index contributed by atoms with van der Waals surface area (Å²) in [6.07, 6.45) is 0. The first kappa shape index (κ1) is 23.1. The smallest absolute Gasteiger partial charge is 0.238 e. The van der Waals surface area contributed by atoms with Gasteiger partial charge in [0.25, 0.3) is 0 Å². The van der Waals surface area contributed by atoms with Crippen molar-refractivity contribution >= 4 is 28.3 Å². The molecule has 8 heteroatoms. The molecule has 0 saturated heterocycles. The quantitative estimate of drug-likeness (QED) is 0.761. The Morgan fingerprint density at radius 2 is 1.48 bits per heavy atom. The fourth-order valence-electron chi connectivity index (χ4n) is 2.79. The van der Waals surface area contributed by atoms with Crippen LogP contribution >= 0.6 is 12.4 Å². The maximum absolute atomic E-state index is 12.8. The Hall–Kier alpha value is -1.93. The second kappa shape index (κ2) is 9.32. The molecule has 2 aromatic carbocycles. The molecule has 0 heterocycles. The summed E-state index contributed by atoms with van der Waals surface area (Å²) < 4.78 is 22.7. The van der Waals surface area contributed by atoms with E-state index in [1.807, 2.05) is 44.2 Å². The number of halogens is 1. The van der Waals surface area contributed by atoms with Crippen molar-refractivity contribution in [3.8, 4) is 0 Å². The van der Waals surface area contributed by atoms with E-state index in [-0.39, 0.29) is 29.3 Å². The Labute approximate surface area is 167 Å². The van der Waals surface area contributed by atoms with Gasteiger partial charge < -0.3 is 10.6 Å². The topological polar surface area (TPSA) is 106 Å². The fraction of sp³-hybridized carbons (Fsp3) is 0.316. The van der Waals surface area contributed by atoms with E-state index in [9.17, 15) is 13.2 Å². The lowest BCUT2D eigenvalue weighted by molar-refractivity contribution is -0.136. The molecule has 1 amide bonds. The molecule has 0 aromatic heterocycles. The molecule has 0 saturated carbocycles. The molecule has 0 aliphatic carbocycles. The molecule has 0 aliphatic rings. The summed E-state index contributed by atoms with van der Waals surface area (Å²) in [5.41, 5.74) is 7.98. The molecule has 0 spiro atoms. The zero-order valence-electron chi connectivity index (χ0n) is 15.6. The third kappa shape index (κ3) is 5.52. The van der Waals surface area contributed by atoms with E-state index in [2.05, 4.69) is 0 Å². The van der Waals surface area contributed by atoms with Crippen LogP contribution in [0, 0.1) is 5.92 Å². The number of nitrogens with two attached hydrogens (primary N) is 2. The largest absolute Gasteiger partial charge is 0.339 e. The second-order valence-electron chi connectivity index (χ2n) is 6.46. The standard InChI is InChI=1S/C19H25N3O3S.ClH/c1-13(18(20)16-7-5-4-6-8-16)19(23)22(3)14(2)15-9-11-17(12-10-15)26(21,24)25;/h4-14,18H,20H2,1-3H3,(H2,21,24,25);1H. The fourth-order valence-corrected chi connectivity index (χ4v) is 3.30. The van der Waals surface area contributed by atoms with Crippen LogP contribution in [0.3, 0.4) is 0 Å². The zero-order chi connectivity index (χ0) is 19.5. The summed E-state index contributed by atoms with van der Waals surface area (Å²) in [5.74, 6) is -0.474. The van der Waals surface area contributed by atoms with E-state index in [4.69, 9.17) is 10.9 Å². The van der Waals surface area contributed by atoms with Crippen molar-refractivity contribution in [1.29, 1.82) is 0 Å². The van der Waals surface area contributed by atoms with Gasteiger partial charge in [0.2, 0.25) is 15.9 Å². The Balaban J connectivity index is 0.00000364. The van der Waals surface area contributed by atoms with E-state index in [1.54, 1.807) is 24.1 Å². The van der Waals surface area contributed by atoms with Gasteiger partial charge in [0.05, 0.1) is 16.9 Å². The van der Waals surface area contributed by atoms with Crippen molar-refractivity contribution in [3.05, 3.63) is 65.7 Å². The minimum atomic E-state index is -3.73. The molecular formula is C19H26ClN3O3S. The third-order valence-electron chi connectivity index (χ3n) is 4.73. The van der Waals surface area contributed by atoms with Gasteiger partial charge in [-0.15, -0.1) is 12.4 Å². The van der Waals surface area contributed by atoms with Crippen molar-refractivity contribution < 1.29 is 13.2 Å². The van der Waals surface area contributed by atoms with Crippen LogP contribution < -0.4 is 10.9 Å². The van der Waals surface area contributed by atoms with Crippen molar-refractivity contribution in [3.63, 3.8) is 0 Å². The summed E-state index contributed by atoms with van der Waals surface area (Å²) in [5, 5.41) is 5.11. The van der Waals surface area contributed by atoms with Crippen LogP contribution in [-0.4, -0.2) is 26.3 Å². The second-order valence-corrected chi connectivity index (χ2v) is 8.03. The van der Waals surface area contributed by atoms with Crippen molar-refractivity contribution in [2.45, 2.75) is 30.8 Å². The first-order chi connectivity index (χ1) is 12.1. The molecule has 4 N–H and O–H groups in total. The summed E-state index contributed by atoms with van der Waals surface area (Å²) in [4.78, 5) is 14.5. The molecule has 2 aromatic rings. The van der Waals surface area contributed by atoms with E-state index < -0.39 is 22.0 Å². The van der Waals surface area contributed by atoms with Crippen molar-refractivity contribution in [2.75, 3.05) is 7.05 Å². The molecule has 27 heavy (non-hydrogen) atoms. The zero-order valence-corrected chi connectivity index (χ0v) is 17.2. The molecule has 3 atom stereocenters. The number of sulfonamides is 1. The Bertz CT molecular complexity index is 858. The van der Waals surface area contributed by atoms with Crippen LogP contribution in [0.4, 0.5) is 0 Å². The molecule has 0 bridgehead atoms. The summed E-state index contributed by atoms with van der Waals surface area (Å²) in [7, 11) is -2.02. The van der Waals surface area contributed by atoms with Gasteiger partial charge in [0.1, 0.15) is 0 Å².